The van der Waals surface area contributed by atoms with Crippen LogP contribution < -0.4 is 10.6 Å². The number of hydrogen-bond acceptors (Lipinski definition) is 4. The van der Waals surface area contributed by atoms with Crippen LogP contribution in [0.1, 0.15) is 29.3 Å². The van der Waals surface area contributed by atoms with Crippen molar-refractivity contribution in [3.05, 3.63) is 16.0 Å². The van der Waals surface area contributed by atoms with Gasteiger partial charge < -0.3 is 10.6 Å². The van der Waals surface area contributed by atoms with E-state index in [2.05, 4.69) is 0 Å². The summed E-state index contributed by atoms with van der Waals surface area (Å²) in [4.78, 5) is 11.6. The number of thiophene rings is 1. The third-order valence-electron chi connectivity index (χ3n) is 3.55. The fourth-order valence-corrected chi connectivity index (χ4v) is 3.82. The van der Waals surface area contributed by atoms with Crippen LogP contribution in [-0.4, -0.2) is 23.9 Å². The van der Waals surface area contributed by atoms with Gasteiger partial charge in [0.15, 0.2) is 0 Å². The molecule has 132 valence electrons. The molecule has 2 rings (SSSR count). The Hall–Kier alpha value is -1.96. The molecule has 0 aliphatic heterocycles. The summed E-state index contributed by atoms with van der Waals surface area (Å²) in [6.45, 7) is 0.549. The smallest absolute Gasteiger partial charge is 0.338 e. The lowest BCUT2D eigenvalue weighted by Gasteiger charge is -2.38. The van der Waals surface area contributed by atoms with Crippen molar-refractivity contribution < 1.29 is 31.1 Å². The fraction of sp³-hybridized carbons (Fsp3) is 0.538. The lowest BCUT2D eigenvalue weighted by Crippen LogP contribution is -2.71. The van der Waals surface area contributed by atoms with Gasteiger partial charge in [-0.15, -0.1) is 11.3 Å². The molecule has 0 bridgehead atoms. The molecule has 0 unspecified atom stereocenters. The number of amides is 1. The molecule has 1 aliphatic carbocycles. The minimum absolute atomic E-state index is 0.240. The normalized spacial score (nSPS) is 14.9. The first-order chi connectivity index (χ1) is 10.9. The highest BCUT2D eigenvalue weighted by molar-refractivity contribution is 7.16. The van der Waals surface area contributed by atoms with E-state index < -0.39 is 28.9 Å². The topological polar surface area (TPSA) is 64.9 Å². The average molecular weight is 371 g/mol. The summed E-state index contributed by atoms with van der Waals surface area (Å²) in [5.74, 6) is -1.51. The zero-order valence-corrected chi connectivity index (χ0v) is 13.0. The number of anilines is 1. The van der Waals surface area contributed by atoms with E-state index in [1.807, 2.05) is 0 Å². The van der Waals surface area contributed by atoms with Crippen LogP contribution in [0.3, 0.4) is 0 Å². The third-order valence-corrected chi connectivity index (χ3v) is 4.76. The lowest BCUT2D eigenvalue weighted by atomic mass is 10.1. The van der Waals surface area contributed by atoms with Gasteiger partial charge in [0, 0.05) is 11.8 Å². The van der Waals surface area contributed by atoms with Gasteiger partial charge in [-0.3, -0.25) is 4.79 Å². The Morgan fingerprint density at radius 2 is 1.75 bits per heavy atom. The van der Waals surface area contributed by atoms with E-state index in [0.717, 1.165) is 5.32 Å². The van der Waals surface area contributed by atoms with Gasteiger partial charge >= 0.3 is 18.0 Å². The SMILES string of the molecule is CC(=O)NC(Nc1sc2c(c1C#N)CCC2)(C(F)(F)F)C(F)(F)F. The highest BCUT2D eigenvalue weighted by Gasteiger charge is 2.72. The van der Waals surface area contributed by atoms with E-state index in [9.17, 15) is 31.1 Å². The number of rotatable bonds is 3. The van der Waals surface area contributed by atoms with Crippen molar-refractivity contribution in [1.82, 2.24) is 5.32 Å². The number of nitrogens with zero attached hydrogens (tertiary/aromatic N) is 1. The Kier molecular flexibility index (Phi) is 4.47. The Morgan fingerprint density at radius 1 is 1.17 bits per heavy atom. The fourth-order valence-electron chi connectivity index (χ4n) is 2.52. The minimum Gasteiger partial charge on any atom is -0.338 e. The summed E-state index contributed by atoms with van der Waals surface area (Å²) in [5.41, 5.74) is -4.45. The number of carbonyl (C=O) groups is 1. The van der Waals surface area contributed by atoms with E-state index in [1.54, 1.807) is 6.07 Å². The average Bonchev–Trinajstić information content (AvgIpc) is 2.94. The summed E-state index contributed by atoms with van der Waals surface area (Å²) < 4.78 is 79.7. The first kappa shape index (κ1) is 18.4. The van der Waals surface area contributed by atoms with Gasteiger partial charge in [-0.2, -0.15) is 31.6 Å². The van der Waals surface area contributed by atoms with Crippen LogP contribution in [-0.2, 0) is 17.6 Å². The zero-order chi connectivity index (χ0) is 18.3. The number of hydrogen-bond donors (Lipinski definition) is 2. The monoisotopic (exact) mass is 371 g/mol. The first-order valence-electron chi connectivity index (χ1n) is 6.68. The van der Waals surface area contributed by atoms with Gasteiger partial charge in [0.1, 0.15) is 11.1 Å². The second kappa shape index (κ2) is 5.84. The molecule has 0 saturated heterocycles. The molecule has 11 heteroatoms. The van der Waals surface area contributed by atoms with E-state index in [0.29, 0.717) is 48.0 Å². The number of fused-ring (bicyclic) bond motifs is 1. The molecule has 0 aromatic carbocycles. The molecule has 0 radical (unpaired) electrons. The molecule has 4 nitrogen and oxygen atoms in total. The predicted octanol–water partition coefficient (Wildman–Crippen LogP) is 3.48. The Morgan fingerprint density at radius 3 is 2.21 bits per heavy atom. The molecule has 0 spiro atoms. The van der Waals surface area contributed by atoms with Crippen LogP contribution in [0.15, 0.2) is 0 Å². The second-order valence-electron chi connectivity index (χ2n) is 5.22. The molecule has 0 saturated carbocycles. The number of nitrogens with one attached hydrogen (secondary N) is 2. The number of carbonyl (C=O) groups excluding carboxylic acids is 1. The van der Waals surface area contributed by atoms with Gasteiger partial charge in [-0.1, -0.05) is 0 Å². The molecule has 1 aromatic heterocycles. The quantitative estimate of drug-likeness (QED) is 0.632. The maximum absolute atomic E-state index is 13.3. The molecule has 2 N–H and O–H groups in total. The van der Waals surface area contributed by atoms with Crippen molar-refractivity contribution in [2.24, 2.45) is 0 Å². The molecule has 1 aromatic rings. The molecule has 24 heavy (non-hydrogen) atoms. The van der Waals surface area contributed by atoms with Crippen molar-refractivity contribution in [3.63, 3.8) is 0 Å². The van der Waals surface area contributed by atoms with Crippen molar-refractivity contribution in [2.75, 3.05) is 5.32 Å². The van der Waals surface area contributed by atoms with Crippen LogP contribution in [0.5, 0.6) is 0 Å². The standard InChI is InChI=1S/C13H11F6N3OS/c1-6(23)21-11(12(14,15)16,13(17,18)19)22-10-8(5-20)7-3-2-4-9(7)24-10/h22H,2-4H2,1H3,(H,21,23). The van der Waals surface area contributed by atoms with Gasteiger partial charge in [0.05, 0.1) is 5.56 Å². The molecule has 0 fully saturated rings. The maximum Gasteiger partial charge on any atom is 0.439 e. The summed E-state index contributed by atoms with van der Waals surface area (Å²) in [6, 6.07) is 1.66. The lowest BCUT2D eigenvalue weighted by molar-refractivity contribution is -0.295. The maximum atomic E-state index is 13.3. The third kappa shape index (κ3) is 2.90. The Labute approximate surface area is 136 Å². The van der Waals surface area contributed by atoms with E-state index in [4.69, 9.17) is 5.26 Å². The van der Waals surface area contributed by atoms with Crippen LogP contribution >= 0.6 is 11.3 Å². The van der Waals surface area contributed by atoms with Crippen molar-refractivity contribution in [3.8, 4) is 6.07 Å². The van der Waals surface area contributed by atoms with E-state index in [1.165, 1.54) is 5.32 Å². The molecule has 0 atom stereocenters. The van der Waals surface area contributed by atoms with Crippen molar-refractivity contribution in [1.29, 1.82) is 5.26 Å². The number of nitriles is 1. The number of halogens is 6. The van der Waals surface area contributed by atoms with Gasteiger partial charge in [0.2, 0.25) is 5.91 Å². The Bertz CT molecular complexity index is 686. The summed E-state index contributed by atoms with van der Waals surface area (Å²) in [5, 5.41) is 10.9. The minimum atomic E-state index is -5.88. The second-order valence-corrected chi connectivity index (χ2v) is 6.33. The number of aryl methyl sites for hydroxylation is 1. The Balaban J connectivity index is 2.58. The molecule has 1 amide bonds. The highest BCUT2D eigenvalue weighted by atomic mass is 32.1. The zero-order valence-electron chi connectivity index (χ0n) is 12.2. The van der Waals surface area contributed by atoms with Crippen LogP contribution in [0.25, 0.3) is 0 Å². The van der Waals surface area contributed by atoms with Crippen molar-refractivity contribution in [2.45, 2.75) is 44.2 Å². The first-order valence-corrected chi connectivity index (χ1v) is 7.49. The van der Waals surface area contributed by atoms with Gasteiger partial charge in [-0.25, -0.2) is 0 Å². The predicted molar refractivity (Wildman–Crippen MR) is 73.3 cm³/mol. The molecule has 1 heterocycles. The van der Waals surface area contributed by atoms with Crippen LogP contribution in [0.2, 0.25) is 0 Å². The van der Waals surface area contributed by atoms with Crippen molar-refractivity contribution >= 4 is 22.2 Å². The number of alkyl halides is 6. The van der Waals surface area contributed by atoms with E-state index >= 15 is 0 Å². The largest absolute Gasteiger partial charge is 0.439 e. The van der Waals surface area contributed by atoms with Gasteiger partial charge in [-0.05, 0) is 24.8 Å². The summed E-state index contributed by atoms with van der Waals surface area (Å²) in [6.07, 6.45) is -10.2. The highest BCUT2D eigenvalue weighted by Crippen LogP contribution is 2.47. The van der Waals surface area contributed by atoms with Crippen LogP contribution in [0.4, 0.5) is 31.3 Å². The molecular weight excluding hydrogens is 360 g/mol. The van der Waals surface area contributed by atoms with E-state index in [-0.39, 0.29) is 5.56 Å². The summed E-state index contributed by atoms with van der Waals surface area (Å²) >= 11 is 0.674. The van der Waals surface area contributed by atoms with Crippen LogP contribution in [0, 0.1) is 11.3 Å². The van der Waals surface area contributed by atoms with Gasteiger partial charge in [0.25, 0.3) is 0 Å². The molecule has 1 aliphatic rings. The summed E-state index contributed by atoms with van der Waals surface area (Å²) in [7, 11) is 0. The molecular formula is C13H11F6N3OS.